The van der Waals surface area contributed by atoms with Gasteiger partial charge in [-0.3, -0.25) is 9.78 Å². The van der Waals surface area contributed by atoms with Crippen molar-refractivity contribution >= 4 is 32.5 Å². The molecule has 3 aromatic rings. The first kappa shape index (κ1) is 18.4. The van der Waals surface area contributed by atoms with Crippen LogP contribution in [0.4, 0.5) is 5.69 Å². The van der Waals surface area contributed by atoms with Crippen LogP contribution in [-0.2, 0) is 21.2 Å². The van der Waals surface area contributed by atoms with Gasteiger partial charge < -0.3 is 9.64 Å². The molecule has 1 aliphatic rings. The molecule has 0 bridgehead atoms. The fourth-order valence-electron chi connectivity index (χ4n) is 3.61. The molecule has 28 heavy (non-hydrogen) atoms. The Hall–Kier alpha value is -2.97. The second-order valence-corrected chi connectivity index (χ2v) is 8.31. The first-order valence-electron chi connectivity index (χ1n) is 8.70. The van der Waals surface area contributed by atoms with Gasteiger partial charge in [0.25, 0.3) is 0 Å². The predicted octanol–water partition coefficient (Wildman–Crippen LogP) is 2.54. The first-order valence-corrected chi connectivity index (χ1v) is 10.2. The van der Waals surface area contributed by atoms with Gasteiger partial charge in [-0.25, -0.2) is 13.6 Å². The quantitative estimate of drug-likeness (QED) is 0.729. The largest absolute Gasteiger partial charge is 0.497 e. The van der Waals surface area contributed by atoms with E-state index in [1.54, 1.807) is 30.3 Å². The van der Waals surface area contributed by atoms with Crippen LogP contribution in [0.2, 0.25) is 0 Å². The van der Waals surface area contributed by atoms with Crippen LogP contribution < -0.4 is 14.8 Å². The van der Waals surface area contributed by atoms with E-state index in [1.807, 2.05) is 25.1 Å². The van der Waals surface area contributed by atoms with Gasteiger partial charge in [0, 0.05) is 23.2 Å². The van der Waals surface area contributed by atoms with Gasteiger partial charge in [0.2, 0.25) is 15.9 Å². The number of amides is 1. The van der Waals surface area contributed by atoms with Crippen molar-refractivity contribution in [1.29, 1.82) is 0 Å². The molecule has 0 spiro atoms. The summed E-state index contributed by atoms with van der Waals surface area (Å²) in [5.74, 6) is 0.672. The van der Waals surface area contributed by atoms with Gasteiger partial charge in [0.15, 0.2) is 0 Å². The van der Waals surface area contributed by atoms with E-state index in [0.717, 1.165) is 27.7 Å². The number of methoxy groups -OCH3 is 1. The zero-order chi connectivity index (χ0) is 20.1. The number of sulfonamides is 1. The highest BCUT2D eigenvalue weighted by atomic mass is 32.2. The Morgan fingerprint density at radius 3 is 2.54 bits per heavy atom. The predicted molar refractivity (Wildman–Crippen MR) is 106 cm³/mol. The van der Waals surface area contributed by atoms with E-state index >= 15 is 0 Å². The highest BCUT2D eigenvalue weighted by Gasteiger charge is 2.33. The molecule has 0 aliphatic carbocycles. The summed E-state index contributed by atoms with van der Waals surface area (Å²) in [6.07, 6.45) is 2.01. The Labute approximate surface area is 162 Å². The molecule has 8 heteroatoms. The number of rotatable bonds is 4. The van der Waals surface area contributed by atoms with E-state index in [-0.39, 0.29) is 23.3 Å². The van der Waals surface area contributed by atoms with E-state index in [2.05, 4.69) is 4.98 Å². The maximum atomic E-state index is 12.8. The summed E-state index contributed by atoms with van der Waals surface area (Å²) in [6.45, 7) is 1.91. The van der Waals surface area contributed by atoms with Crippen molar-refractivity contribution in [3.8, 4) is 5.75 Å². The second-order valence-electron chi connectivity index (χ2n) is 6.75. The summed E-state index contributed by atoms with van der Waals surface area (Å²) < 4.78 is 28.2. The number of hydrogen-bond donors (Lipinski definition) is 1. The zero-order valence-corrected chi connectivity index (χ0v) is 16.2. The minimum Gasteiger partial charge on any atom is -0.497 e. The van der Waals surface area contributed by atoms with Crippen LogP contribution in [0.1, 0.15) is 24.1 Å². The number of primary sulfonamides is 1. The summed E-state index contributed by atoms with van der Waals surface area (Å²) in [5, 5.41) is 6.04. The molecule has 1 aliphatic heterocycles. The Kier molecular flexibility index (Phi) is 4.32. The number of hydrogen-bond acceptors (Lipinski definition) is 5. The molecule has 0 unspecified atom stereocenters. The third-order valence-corrected chi connectivity index (χ3v) is 5.98. The molecule has 7 nitrogen and oxygen atoms in total. The smallest absolute Gasteiger partial charge is 0.238 e. The van der Waals surface area contributed by atoms with Gasteiger partial charge in [0.05, 0.1) is 35.7 Å². The summed E-state index contributed by atoms with van der Waals surface area (Å²) in [4.78, 5) is 19.0. The van der Waals surface area contributed by atoms with Crippen LogP contribution >= 0.6 is 0 Å². The van der Waals surface area contributed by atoms with Crippen molar-refractivity contribution < 1.29 is 17.9 Å². The van der Waals surface area contributed by atoms with Crippen molar-refractivity contribution in [2.45, 2.75) is 24.3 Å². The lowest BCUT2D eigenvalue weighted by Crippen LogP contribution is -2.30. The third kappa shape index (κ3) is 3.00. The fourth-order valence-corrected chi connectivity index (χ4v) is 4.12. The van der Waals surface area contributed by atoms with E-state index < -0.39 is 10.0 Å². The lowest BCUT2D eigenvalue weighted by molar-refractivity contribution is -0.117. The number of anilines is 1. The number of pyridine rings is 1. The number of carbonyl (C=O) groups excluding carboxylic acids is 1. The van der Waals surface area contributed by atoms with E-state index in [4.69, 9.17) is 9.88 Å². The van der Waals surface area contributed by atoms with E-state index in [0.29, 0.717) is 5.75 Å². The van der Waals surface area contributed by atoms with Crippen LogP contribution in [0.3, 0.4) is 0 Å². The van der Waals surface area contributed by atoms with Gasteiger partial charge >= 0.3 is 0 Å². The first-order chi connectivity index (χ1) is 13.3. The zero-order valence-electron chi connectivity index (χ0n) is 15.4. The van der Waals surface area contributed by atoms with Crippen molar-refractivity contribution in [2.24, 2.45) is 5.14 Å². The Balaban J connectivity index is 1.79. The molecule has 1 atom stereocenters. The molecule has 2 N–H and O–H groups in total. The molecular formula is C20H19N3O4S. The molecule has 0 fully saturated rings. The summed E-state index contributed by atoms with van der Waals surface area (Å²) in [6, 6.07) is 11.6. The Morgan fingerprint density at radius 2 is 1.89 bits per heavy atom. The topological polar surface area (TPSA) is 103 Å². The van der Waals surface area contributed by atoms with Gasteiger partial charge in [-0.05, 0) is 36.8 Å². The molecule has 1 amide bonds. The highest BCUT2D eigenvalue weighted by Crippen LogP contribution is 2.41. The Bertz CT molecular complexity index is 1190. The Morgan fingerprint density at radius 1 is 1.18 bits per heavy atom. The summed E-state index contributed by atoms with van der Waals surface area (Å²) in [7, 11) is -2.16. The van der Waals surface area contributed by atoms with Crippen LogP contribution in [0.15, 0.2) is 53.6 Å². The minimum absolute atomic E-state index is 0.0249. The molecule has 4 rings (SSSR count). The molecule has 2 heterocycles. The lowest BCUT2D eigenvalue weighted by atomic mass is 10.1. The van der Waals surface area contributed by atoms with Gasteiger partial charge in [-0.1, -0.05) is 12.1 Å². The summed E-state index contributed by atoms with van der Waals surface area (Å²) >= 11 is 0. The van der Waals surface area contributed by atoms with Crippen LogP contribution in [-0.4, -0.2) is 26.4 Å². The average Bonchev–Trinajstić information content (AvgIpc) is 3.02. The van der Waals surface area contributed by atoms with Crippen molar-refractivity contribution in [2.75, 3.05) is 12.0 Å². The number of fused-ring (bicyclic) bond motifs is 3. The van der Waals surface area contributed by atoms with Gasteiger partial charge in [-0.15, -0.1) is 0 Å². The number of nitrogens with two attached hydrogens (primary N) is 1. The maximum absolute atomic E-state index is 12.8. The number of aromatic nitrogens is 1. The molecule has 0 saturated heterocycles. The number of nitrogens with zero attached hydrogens (tertiary/aromatic N) is 2. The average molecular weight is 397 g/mol. The normalized spacial score (nSPS) is 15.0. The van der Waals surface area contributed by atoms with Crippen LogP contribution in [0, 0.1) is 0 Å². The monoisotopic (exact) mass is 397 g/mol. The number of ether oxygens (including phenoxy) is 1. The third-order valence-electron chi connectivity index (χ3n) is 5.05. The standard InChI is InChI=1S/C20H19N3O4S/c1-12(13-3-6-16(7-4-13)28(21,25)26)23-19(24)9-14-11-22-18-10-15(27-2)5-8-17(18)20(14)23/h3-8,10-12H,9H2,1-2H3,(H2,21,25,26)/t12-/m1/s1. The van der Waals surface area contributed by atoms with Crippen molar-refractivity contribution in [3.63, 3.8) is 0 Å². The molecular weight excluding hydrogens is 378 g/mol. The van der Waals surface area contributed by atoms with Gasteiger partial charge in [0.1, 0.15) is 5.75 Å². The van der Waals surface area contributed by atoms with Crippen LogP contribution in [0.5, 0.6) is 5.75 Å². The van der Waals surface area contributed by atoms with Crippen molar-refractivity contribution in [1.82, 2.24) is 4.98 Å². The number of benzene rings is 2. The lowest BCUT2D eigenvalue weighted by Gasteiger charge is -2.27. The highest BCUT2D eigenvalue weighted by molar-refractivity contribution is 7.89. The summed E-state index contributed by atoms with van der Waals surface area (Å²) in [5.41, 5.74) is 3.26. The second kappa shape index (κ2) is 6.57. The number of carbonyl (C=O) groups is 1. The molecule has 144 valence electrons. The molecule has 1 aromatic heterocycles. The van der Waals surface area contributed by atoms with Crippen LogP contribution in [0.25, 0.3) is 10.9 Å². The maximum Gasteiger partial charge on any atom is 0.238 e. The molecule has 2 aromatic carbocycles. The van der Waals surface area contributed by atoms with Gasteiger partial charge in [-0.2, -0.15) is 0 Å². The molecule has 0 radical (unpaired) electrons. The van der Waals surface area contributed by atoms with Crippen molar-refractivity contribution in [3.05, 3.63) is 59.8 Å². The SMILES string of the molecule is COc1ccc2c3c(cnc2c1)CC(=O)N3[C@H](C)c1ccc(S(N)(=O)=O)cc1. The fraction of sp³-hybridized carbons (Fsp3) is 0.200. The van der Waals surface area contributed by atoms with E-state index in [9.17, 15) is 13.2 Å². The van der Waals surface area contributed by atoms with E-state index in [1.165, 1.54) is 12.1 Å². The molecule has 0 saturated carbocycles. The minimum atomic E-state index is -3.76.